The van der Waals surface area contributed by atoms with Crippen molar-refractivity contribution in [2.24, 2.45) is 0 Å². The zero-order chi connectivity index (χ0) is 19.0. The lowest BCUT2D eigenvalue weighted by Crippen LogP contribution is -2.11. The summed E-state index contributed by atoms with van der Waals surface area (Å²) >= 11 is 0. The van der Waals surface area contributed by atoms with E-state index < -0.39 is 9.84 Å². The molecule has 0 bridgehead atoms. The highest BCUT2D eigenvalue weighted by Gasteiger charge is 2.14. The van der Waals surface area contributed by atoms with Gasteiger partial charge in [0.25, 0.3) is 0 Å². The fourth-order valence-corrected chi connectivity index (χ4v) is 3.57. The summed E-state index contributed by atoms with van der Waals surface area (Å²) in [6.07, 6.45) is 1.20. The second kappa shape index (κ2) is 6.51. The van der Waals surface area contributed by atoms with E-state index in [0.29, 0.717) is 11.6 Å². The van der Waals surface area contributed by atoms with Gasteiger partial charge in [-0.2, -0.15) is 4.98 Å². The molecule has 2 aromatic carbocycles. The average molecular weight is 378 g/mol. The van der Waals surface area contributed by atoms with Gasteiger partial charge in [-0.15, -0.1) is 5.10 Å². The first-order valence-corrected chi connectivity index (χ1v) is 10.3. The summed E-state index contributed by atoms with van der Waals surface area (Å²) in [5, 5.41) is 4.64. The van der Waals surface area contributed by atoms with E-state index in [1.165, 1.54) is 6.26 Å². The Kier molecular flexibility index (Phi) is 4.16. The predicted octanol–water partition coefficient (Wildman–Crippen LogP) is 3.57. The van der Waals surface area contributed by atoms with Crippen molar-refractivity contribution in [1.29, 1.82) is 0 Å². The molecule has 0 N–H and O–H groups in total. The molecule has 2 aromatic heterocycles. The highest BCUT2D eigenvalue weighted by molar-refractivity contribution is 7.90. The minimum Gasteiger partial charge on any atom is -0.312 e. The van der Waals surface area contributed by atoms with Crippen molar-refractivity contribution >= 4 is 27.1 Å². The van der Waals surface area contributed by atoms with Gasteiger partial charge in [-0.3, -0.25) is 0 Å². The molecule has 0 aliphatic heterocycles. The third-order valence-corrected chi connectivity index (χ3v) is 5.46. The van der Waals surface area contributed by atoms with E-state index >= 15 is 0 Å². The second-order valence-electron chi connectivity index (χ2n) is 6.29. The zero-order valence-corrected chi connectivity index (χ0v) is 15.8. The van der Waals surface area contributed by atoms with Gasteiger partial charge in [0.1, 0.15) is 0 Å². The summed E-state index contributed by atoms with van der Waals surface area (Å²) in [7, 11) is -1.37. The van der Waals surface area contributed by atoms with Crippen molar-refractivity contribution in [3.05, 3.63) is 72.8 Å². The fraction of sp³-hybridized carbons (Fsp3) is 0.100. The van der Waals surface area contributed by atoms with Crippen molar-refractivity contribution in [3.8, 4) is 11.3 Å². The minimum atomic E-state index is -3.28. The number of hydrogen-bond acceptors (Lipinski definition) is 5. The Hall–Kier alpha value is -3.19. The maximum absolute atomic E-state index is 11.9. The van der Waals surface area contributed by atoms with E-state index in [4.69, 9.17) is 0 Å². The minimum absolute atomic E-state index is 0.277. The first-order valence-electron chi connectivity index (χ1n) is 8.38. The summed E-state index contributed by atoms with van der Waals surface area (Å²) in [6.45, 7) is 0. The summed E-state index contributed by atoms with van der Waals surface area (Å²) in [4.78, 5) is 6.79. The molecule has 0 aliphatic carbocycles. The van der Waals surface area contributed by atoms with Gasteiger partial charge in [0.05, 0.1) is 10.6 Å². The molecule has 7 heteroatoms. The lowest BCUT2D eigenvalue weighted by molar-refractivity contribution is 0.602. The molecule has 6 nitrogen and oxygen atoms in total. The monoisotopic (exact) mass is 378 g/mol. The van der Waals surface area contributed by atoms with Crippen molar-refractivity contribution in [1.82, 2.24) is 14.6 Å². The largest absolute Gasteiger partial charge is 0.312 e. The third-order valence-electron chi connectivity index (χ3n) is 4.35. The van der Waals surface area contributed by atoms with Crippen LogP contribution >= 0.6 is 0 Å². The Labute approximate surface area is 157 Å². The normalized spacial score (nSPS) is 11.6. The Morgan fingerprint density at radius 3 is 2.41 bits per heavy atom. The van der Waals surface area contributed by atoms with Crippen molar-refractivity contribution in [2.75, 3.05) is 18.2 Å². The topological polar surface area (TPSA) is 67.6 Å². The Morgan fingerprint density at radius 2 is 1.67 bits per heavy atom. The molecule has 27 heavy (non-hydrogen) atoms. The fourth-order valence-electron chi connectivity index (χ4n) is 2.91. The van der Waals surface area contributed by atoms with Crippen LogP contribution in [0.15, 0.2) is 77.7 Å². The number of sulfone groups is 1. The van der Waals surface area contributed by atoms with Crippen LogP contribution < -0.4 is 4.90 Å². The Bertz CT molecular complexity index is 1220. The summed E-state index contributed by atoms with van der Waals surface area (Å²) in [6, 6.07) is 22.4. The van der Waals surface area contributed by atoms with E-state index in [9.17, 15) is 8.42 Å². The smallest absolute Gasteiger partial charge is 0.249 e. The highest BCUT2D eigenvalue weighted by atomic mass is 32.2. The van der Waals surface area contributed by atoms with Gasteiger partial charge >= 0.3 is 0 Å². The molecule has 2 heterocycles. The third kappa shape index (κ3) is 3.29. The van der Waals surface area contributed by atoms with Crippen LogP contribution in [0.1, 0.15) is 0 Å². The van der Waals surface area contributed by atoms with Gasteiger partial charge in [-0.05, 0) is 36.4 Å². The molecule has 0 unspecified atom stereocenters. The molecule has 0 amide bonds. The maximum Gasteiger partial charge on any atom is 0.249 e. The summed E-state index contributed by atoms with van der Waals surface area (Å²) in [5.74, 6) is 0.563. The molecule has 0 saturated heterocycles. The van der Waals surface area contributed by atoms with Gasteiger partial charge < -0.3 is 4.90 Å². The Balaban J connectivity index is 1.83. The van der Waals surface area contributed by atoms with Crippen LogP contribution in [0.3, 0.4) is 0 Å². The first kappa shape index (κ1) is 17.2. The molecule has 4 rings (SSSR count). The lowest BCUT2D eigenvalue weighted by atomic mass is 10.1. The van der Waals surface area contributed by atoms with Crippen LogP contribution in [-0.4, -0.2) is 36.3 Å². The molecule has 0 atom stereocenters. The number of nitrogens with zero attached hydrogens (tertiary/aromatic N) is 4. The van der Waals surface area contributed by atoms with Gasteiger partial charge in [0.2, 0.25) is 5.95 Å². The van der Waals surface area contributed by atoms with Crippen LogP contribution in [-0.2, 0) is 9.84 Å². The van der Waals surface area contributed by atoms with E-state index in [-0.39, 0.29) is 4.90 Å². The molecule has 136 valence electrons. The number of aromatic nitrogens is 3. The summed E-state index contributed by atoms with van der Waals surface area (Å²) in [5.41, 5.74) is 3.21. The molecular weight excluding hydrogens is 360 g/mol. The van der Waals surface area contributed by atoms with Gasteiger partial charge in [-0.25, -0.2) is 12.9 Å². The number of fused-ring (bicyclic) bond motifs is 1. The van der Waals surface area contributed by atoms with Crippen LogP contribution in [0.2, 0.25) is 0 Å². The molecule has 0 radical (unpaired) electrons. The second-order valence-corrected chi connectivity index (χ2v) is 8.30. The molecular formula is C20H18N4O2S. The first-order chi connectivity index (χ1) is 12.9. The number of anilines is 2. The van der Waals surface area contributed by atoms with Crippen molar-refractivity contribution < 1.29 is 8.42 Å². The van der Waals surface area contributed by atoms with E-state index in [2.05, 4.69) is 10.1 Å². The number of rotatable bonds is 4. The van der Waals surface area contributed by atoms with E-state index in [0.717, 1.165) is 16.9 Å². The van der Waals surface area contributed by atoms with Crippen LogP contribution in [0, 0.1) is 0 Å². The van der Waals surface area contributed by atoms with Crippen molar-refractivity contribution in [3.63, 3.8) is 0 Å². The number of para-hydroxylation sites is 1. The van der Waals surface area contributed by atoms with Crippen molar-refractivity contribution in [2.45, 2.75) is 4.90 Å². The van der Waals surface area contributed by atoms with Crippen LogP contribution in [0.25, 0.3) is 16.9 Å². The molecule has 4 aromatic rings. The highest BCUT2D eigenvalue weighted by Crippen LogP contribution is 2.26. The Morgan fingerprint density at radius 1 is 0.926 bits per heavy atom. The molecule has 0 fully saturated rings. The van der Waals surface area contributed by atoms with E-state index in [1.807, 2.05) is 66.5 Å². The van der Waals surface area contributed by atoms with Gasteiger partial charge in [-0.1, -0.05) is 36.4 Å². The number of hydrogen-bond donors (Lipinski definition) is 0. The molecule has 0 aliphatic rings. The zero-order valence-electron chi connectivity index (χ0n) is 14.9. The molecule has 0 saturated carbocycles. The lowest BCUT2D eigenvalue weighted by Gasteiger charge is -2.14. The van der Waals surface area contributed by atoms with E-state index in [1.54, 1.807) is 22.7 Å². The van der Waals surface area contributed by atoms with Crippen LogP contribution in [0.5, 0.6) is 0 Å². The molecule has 0 spiro atoms. The maximum atomic E-state index is 11.9. The standard InChI is InChI=1S/C20H18N4O2S/c1-23(16-9-4-3-5-10-16)20-21-19-13-7-12-18(24(19)22-20)15-8-6-11-17(14-15)27(2,25)26/h3-14H,1-2H3. The SMILES string of the molecule is CN(c1ccccc1)c1nc2cccc(-c3cccc(S(C)(=O)=O)c3)n2n1. The summed E-state index contributed by atoms with van der Waals surface area (Å²) < 4.78 is 25.5. The predicted molar refractivity (Wildman–Crippen MR) is 106 cm³/mol. The van der Waals surface area contributed by atoms with Gasteiger partial charge in [0, 0.05) is 24.6 Å². The quantitative estimate of drug-likeness (QED) is 0.543. The van der Waals surface area contributed by atoms with Crippen LogP contribution in [0.4, 0.5) is 11.6 Å². The average Bonchev–Trinajstić information content (AvgIpc) is 3.12. The number of benzene rings is 2. The number of pyridine rings is 1. The van der Waals surface area contributed by atoms with Gasteiger partial charge in [0.15, 0.2) is 15.5 Å².